The Morgan fingerprint density at radius 1 is 0.314 bits per heavy atom. The molecule has 0 aromatic heterocycles. The van der Waals surface area contributed by atoms with Gasteiger partial charge in [-0.3, -0.25) is 73.8 Å². The van der Waals surface area contributed by atoms with Crippen molar-refractivity contribution >= 4 is 53.2 Å². The lowest BCUT2D eigenvalue weighted by Crippen LogP contribution is -2.56. The zero-order valence-corrected chi connectivity index (χ0v) is 59.0. The second-order valence-electron chi connectivity index (χ2n) is 31.5. The molecule has 6 saturated heterocycles. The second-order valence-corrected chi connectivity index (χ2v) is 31.5. The van der Waals surface area contributed by atoms with Crippen molar-refractivity contribution < 1.29 is 57.4 Å². The van der Waals surface area contributed by atoms with E-state index in [0.29, 0.717) is 60.1 Å². The second kappa shape index (κ2) is 27.7. The van der Waals surface area contributed by atoms with E-state index in [1.165, 1.54) is 27.8 Å². The van der Waals surface area contributed by atoms with Crippen LogP contribution in [0.25, 0.3) is 0 Å². The monoisotopic (exact) mass is 1420 g/mol. The first-order chi connectivity index (χ1) is 51.2. The number of likely N-dealkylation sites (tertiary alicyclic amines) is 3. The molecule has 21 heteroatoms. The molecule has 18 rings (SSSR count). The molecule has 9 amide bonds. The smallest absolute Gasteiger partial charge is 0.255 e. The fourth-order valence-electron chi connectivity index (χ4n) is 20.0. The first kappa shape index (κ1) is 67.3. The number of ether oxygens (including phenoxy) is 3. The largest absolute Gasteiger partial charge is 0.489 e. The lowest BCUT2D eigenvalue weighted by molar-refractivity contribution is -0.138. The molecule has 3 aliphatic carbocycles. The molecule has 3 saturated carbocycles. The van der Waals surface area contributed by atoms with Gasteiger partial charge in [-0.2, -0.15) is 0 Å². The van der Waals surface area contributed by atoms with Crippen molar-refractivity contribution in [3.8, 4) is 17.2 Å². The topological polar surface area (TPSA) is 237 Å². The van der Waals surface area contributed by atoms with Crippen molar-refractivity contribution in [2.45, 2.75) is 226 Å². The summed E-state index contributed by atoms with van der Waals surface area (Å²) in [7, 11) is 0. The van der Waals surface area contributed by atoms with Gasteiger partial charge in [0.25, 0.3) is 17.7 Å². The van der Waals surface area contributed by atoms with E-state index >= 15 is 0 Å². The van der Waals surface area contributed by atoms with Crippen LogP contribution in [0.4, 0.5) is 0 Å². The number of hydrogen-bond acceptors (Lipinski definition) is 15. The Morgan fingerprint density at radius 3 is 1.02 bits per heavy atom. The minimum absolute atomic E-state index is 0.0136. The van der Waals surface area contributed by atoms with Crippen molar-refractivity contribution in [1.29, 1.82) is 0 Å². The molecule has 9 heterocycles. The van der Waals surface area contributed by atoms with Crippen molar-refractivity contribution in [2.24, 2.45) is 0 Å². The number of hydrogen-bond donors (Lipinski definition) is 3. The number of rotatable bonds is 17. The van der Waals surface area contributed by atoms with Crippen LogP contribution in [0.15, 0.2) is 133 Å². The summed E-state index contributed by atoms with van der Waals surface area (Å²) in [6.07, 6.45) is 14.1. The average molecular weight is 1420 g/mol. The summed E-state index contributed by atoms with van der Waals surface area (Å²) in [5.41, 5.74) is 10.8. The number of nitrogens with one attached hydrogen (secondary N) is 3. The predicted octanol–water partition coefficient (Wildman–Crippen LogP) is 10.2. The summed E-state index contributed by atoms with van der Waals surface area (Å²) >= 11 is 0. The number of imide groups is 3. The van der Waals surface area contributed by atoms with E-state index in [4.69, 9.17) is 14.2 Å². The highest BCUT2D eigenvalue weighted by Gasteiger charge is 2.49. The third-order valence-electron chi connectivity index (χ3n) is 25.8. The van der Waals surface area contributed by atoms with Crippen molar-refractivity contribution in [1.82, 2.24) is 45.3 Å². The molecule has 9 fully saturated rings. The molecule has 105 heavy (non-hydrogen) atoms. The number of carbonyl (C=O) groups is 9. The average Bonchev–Trinajstić information content (AvgIpc) is 1.11. The highest BCUT2D eigenvalue weighted by atomic mass is 16.5. The summed E-state index contributed by atoms with van der Waals surface area (Å²) in [5, 5.41) is 7.25. The fourth-order valence-corrected chi connectivity index (χ4v) is 20.0. The third kappa shape index (κ3) is 12.7. The van der Waals surface area contributed by atoms with Gasteiger partial charge < -0.3 is 28.9 Å². The zero-order chi connectivity index (χ0) is 71.3. The normalized spacial score (nSPS) is 30.7. The Labute approximate surface area is 610 Å². The van der Waals surface area contributed by atoms with Gasteiger partial charge in [-0.1, -0.05) is 85.3 Å². The summed E-state index contributed by atoms with van der Waals surface area (Å²) in [6.45, 7) is 3.77. The molecule has 542 valence electrons. The molecule has 3 N–H and O–H groups in total. The van der Waals surface area contributed by atoms with Crippen LogP contribution in [-0.4, -0.2) is 157 Å². The Balaban J connectivity index is 0.566. The van der Waals surface area contributed by atoms with Crippen molar-refractivity contribution in [2.75, 3.05) is 19.6 Å². The maximum Gasteiger partial charge on any atom is 0.255 e. The third-order valence-corrected chi connectivity index (χ3v) is 25.8. The first-order valence-corrected chi connectivity index (χ1v) is 38.5. The Bertz CT molecular complexity index is 4490. The molecule has 0 bridgehead atoms. The minimum atomic E-state index is -0.704. The van der Waals surface area contributed by atoms with Crippen LogP contribution in [0.1, 0.15) is 228 Å². The zero-order valence-electron chi connectivity index (χ0n) is 59.0. The molecular weight excluding hydrogens is 1330 g/mol. The van der Waals surface area contributed by atoms with Gasteiger partial charge in [-0.05, 0) is 207 Å². The molecule has 14 atom stereocenters. The lowest BCUT2D eigenvalue weighted by atomic mass is 9.75. The van der Waals surface area contributed by atoms with Gasteiger partial charge in [0.1, 0.15) is 53.7 Å². The molecule has 0 radical (unpaired) electrons. The van der Waals surface area contributed by atoms with Gasteiger partial charge >= 0.3 is 0 Å². The summed E-state index contributed by atoms with van der Waals surface area (Å²) < 4.78 is 21.2. The van der Waals surface area contributed by atoms with E-state index < -0.39 is 35.8 Å². The maximum absolute atomic E-state index is 13.8. The standard InChI is InChI=1S/C84H89N9O12/c94-76-31-26-68(79(97)85-76)91-45-55-40-58(20-23-61(55)82(91)100)103-73-9-5-4-8-67(73)88-37-34-65(88)51-14-10-48(11-15-51)54-19-30-75(105-60-22-25-63-57(42-60)47-93(84(63)102)70-28-33-78(96)87-81(70)99)72(44-54)90-39-36-66(90)52-16-12-49(13-17-52)53-18-29-74(71(43-53)89-38-35-64(89)50-6-2-1-3-7-50)104-59-21-24-62-56(41-59)46-92(83(62)101)69-27-32-77(95)86-80(69)98/h1-3,6-7,10-17,20-25,40-42,53-54,64-75H,4-5,8-9,18-19,26-39,43-47H2,(H,85,94,97)(H,86,95,98)(H,87,96,99)/t53?,54?,64?,65?,66?,67-,68?,69?,70?,71-,72+,73+,74-,75+/m1/s1. The SMILES string of the molecule is O=C1CCC(N2Cc3cc(O[C@H]4CCCC[C@H]4N4CCC4c4ccc(C5CC[C@H](Oc6ccc7c(c6)CN(C6CCC(=O)NC6=O)C7=O)[C@@H](N6CCC6c6ccc(C7CC[C@@H](Oc8ccc9c(c8)CN(C8CCC(=O)NC8=O)C9=O)[C@H](N8CCC8c8ccccc8)C7)cc6)C5)cc4)ccc3C2=O)C(=O)N1. The first-order valence-electron chi connectivity index (χ1n) is 38.5. The maximum atomic E-state index is 13.8. The molecule has 0 spiro atoms. The highest BCUT2D eigenvalue weighted by Crippen LogP contribution is 2.49. The number of nitrogens with zero attached hydrogens (tertiary/aromatic N) is 6. The van der Waals surface area contributed by atoms with E-state index in [2.05, 4.69) is 110 Å². The van der Waals surface area contributed by atoms with Gasteiger partial charge in [0.2, 0.25) is 35.4 Å². The highest BCUT2D eigenvalue weighted by molar-refractivity contribution is 6.07. The van der Waals surface area contributed by atoms with E-state index in [-0.39, 0.29) is 122 Å². The van der Waals surface area contributed by atoms with Crippen molar-refractivity contribution in [3.05, 3.63) is 195 Å². The van der Waals surface area contributed by atoms with E-state index in [9.17, 15) is 43.2 Å². The van der Waals surface area contributed by atoms with Crippen LogP contribution in [-0.2, 0) is 48.4 Å². The van der Waals surface area contributed by atoms with Gasteiger partial charge in [0, 0.05) is 111 Å². The molecule has 21 nitrogen and oxygen atoms in total. The quantitative estimate of drug-likeness (QED) is 0.0720. The van der Waals surface area contributed by atoms with Crippen LogP contribution in [0.3, 0.4) is 0 Å². The molecule has 6 aromatic rings. The van der Waals surface area contributed by atoms with Crippen LogP contribution in [0.2, 0.25) is 0 Å². The molecule has 9 aliphatic heterocycles. The van der Waals surface area contributed by atoms with Gasteiger partial charge in [0.05, 0.1) is 0 Å². The van der Waals surface area contributed by atoms with E-state index in [0.717, 1.165) is 131 Å². The van der Waals surface area contributed by atoms with Gasteiger partial charge in [0.15, 0.2) is 0 Å². The Morgan fingerprint density at radius 2 is 0.657 bits per heavy atom. The summed E-state index contributed by atoms with van der Waals surface area (Å²) in [5.74, 6) is -0.0318. The van der Waals surface area contributed by atoms with Crippen LogP contribution in [0, 0.1) is 0 Å². The van der Waals surface area contributed by atoms with Crippen LogP contribution >= 0.6 is 0 Å². The molecule has 6 aromatic carbocycles. The molecular formula is C84H89N9O12. The Hall–Kier alpha value is -9.57. The number of benzene rings is 6. The Kier molecular flexibility index (Phi) is 17.8. The number of fused-ring (bicyclic) bond motifs is 3. The fraction of sp³-hybridized carbons (Fsp3) is 0.464. The van der Waals surface area contributed by atoms with E-state index in [1.807, 2.05) is 54.6 Å². The minimum Gasteiger partial charge on any atom is -0.489 e. The van der Waals surface area contributed by atoms with Crippen LogP contribution < -0.4 is 30.2 Å². The molecule has 8 unspecified atom stereocenters. The van der Waals surface area contributed by atoms with Crippen LogP contribution in [0.5, 0.6) is 17.2 Å². The summed E-state index contributed by atoms with van der Waals surface area (Å²) in [6, 6.07) is 46.0. The lowest BCUT2D eigenvalue weighted by Gasteiger charge is -2.52. The number of carbonyl (C=O) groups excluding carboxylic acids is 9. The number of piperidine rings is 3. The van der Waals surface area contributed by atoms with Gasteiger partial charge in [-0.15, -0.1) is 0 Å². The summed E-state index contributed by atoms with van der Waals surface area (Å²) in [4.78, 5) is 128. The predicted molar refractivity (Wildman–Crippen MR) is 385 cm³/mol. The van der Waals surface area contributed by atoms with Crippen molar-refractivity contribution in [3.63, 3.8) is 0 Å². The van der Waals surface area contributed by atoms with E-state index in [1.54, 1.807) is 14.7 Å². The van der Waals surface area contributed by atoms with Gasteiger partial charge in [-0.25, -0.2) is 0 Å². The molecule has 12 aliphatic rings. The number of amides is 9.